The maximum Gasteiger partial charge on any atom is 0.160 e. The normalized spacial score (nSPS) is 18.7. The number of rotatable bonds is 4. The van der Waals surface area contributed by atoms with Crippen molar-refractivity contribution in [2.45, 2.75) is 45.5 Å². The topological polar surface area (TPSA) is 30.7 Å². The molecule has 0 spiro atoms. The molecule has 2 heterocycles. The Labute approximate surface area is 119 Å². The fraction of sp³-hybridized carbons (Fsp3) is 0.600. The van der Waals surface area contributed by atoms with Crippen LogP contribution in [0.2, 0.25) is 0 Å². The third-order valence-corrected chi connectivity index (χ3v) is 4.21. The van der Waals surface area contributed by atoms with Gasteiger partial charge in [-0.05, 0) is 50.7 Å². The summed E-state index contributed by atoms with van der Waals surface area (Å²) < 4.78 is 2.23. The van der Waals surface area contributed by atoms with Crippen molar-refractivity contribution >= 4 is 22.8 Å². The lowest BCUT2D eigenvalue weighted by atomic mass is 10.1. The van der Waals surface area contributed by atoms with Crippen molar-refractivity contribution < 1.29 is 0 Å². The predicted molar refractivity (Wildman–Crippen MR) is 78.4 cm³/mol. The highest BCUT2D eigenvalue weighted by Gasteiger charge is 2.29. The molecule has 1 aliphatic rings. The Morgan fingerprint density at radius 1 is 1.32 bits per heavy atom. The predicted octanol–water partition coefficient (Wildman–Crippen LogP) is 4.09. The summed E-state index contributed by atoms with van der Waals surface area (Å²) in [5.41, 5.74) is 2.97. The van der Waals surface area contributed by atoms with Gasteiger partial charge >= 0.3 is 0 Å². The summed E-state index contributed by atoms with van der Waals surface area (Å²) in [6.07, 6.45) is 2.73. The van der Waals surface area contributed by atoms with Crippen molar-refractivity contribution in [2.24, 2.45) is 11.8 Å². The van der Waals surface area contributed by atoms with E-state index in [-0.39, 0.29) is 5.38 Å². The summed E-state index contributed by atoms with van der Waals surface area (Å²) in [5.74, 6) is 2.50. The van der Waals surface area contributed by atoms with E-state index in [2.05, 4.69) is 21.5 Å². The van der Waals surface area contributed by atoms with Crippen molar-refractivity contribution in [3.8, 4) is 0 Å². The third kappa shape index (κ3) is 2.48. The van der Waals surface area contributed by atoms with Crippen LogP contribution in [0.4, 0.5) is 0 Å². The Morgan fingerprint density at radius 2 is 2.05 bits per heavy atom. The second-order valence-corrected chi connectivity index (χ2v) is 6.46. The minimum Gasteiger partial charge on any atom is -0.311 e. The molecule has 102 valence electrons. The fourth-order valence-corrected chi connectivity index (χ4v) is 2.87. The smallest absolute Gasteiger partial charge is 0.160 e. The molecule has 19 heavy (non-hydrogen) atoms. The molecule has 2 atom stereocenters. The average Bonchev–Trinajstić information content (AvgIpc) is 3.14. The van der Waals surface area contributed by atoms with Crippen LogP contribution in [0.1, 0.15) is 43.6 Å². The molecule has 0 aliphatic heterocycles. The fourth-order valence-electron chi connectivity index (χ4n) is 2.70. The van der Waals surface area contributed by atoms with Crippen LogP contribution in [0.5, 0.6) is 0 Å². The number of hydrogen-bond donors (Lipinski definition) is 0. The first-order chi connectivity index (χ1) is 9.06. The zero-order valence-corrected chi connectivity index (χ0v) is 12.5. The first-order valence-electron chi connectivity index (χ1n) is 7.04. The average molecular weight is 278 g/mol. The van der Waals surface area contributed by atoms with Gasteiger partial charge in [0, 0.05) is 12.2 Å². The van der Waals surface area contributed by atoms with Gasteiger partial charge in [-0.25, -0.2) is 9.97 Å². The van der Waals surface area contributed by atoms with Crippen molar-refractivity contribution in [1.29, 1.82) is 0 Å². The Balaban J connectivity index is 2.06. The number of alkyl halides is 1. The highest BCUT2D eigenvalue weighted by molar-refractivity contribution is 6.20. The monoisotopic (exact) mass is 277 g/mol. The highest BCUT2D eigenvalue weighted by atomic mass is 35.5. The molecule has 2 aromatic heterocycles. The van der Waals surface area contributed by atoms with E-state index in [0.717, 1.165) is 35.1 Å². The molecule has 3 nitrogen and oxygen atoms in total. The van der Waals surface area contributed by atoms with Crippen LogP contribution < -0.4 is 0 Å². The van der Waals surface area contributed by atoms with E-state index in [9.17, 15) is 0 Å². The minimum atomic E-state index is -0.0825. The van der Waals surface area contributed by atoms with Crippen LogP contribution in [0.3, 0.4) is 0 Å². The summed E-state index contributed by atoms with van der Waals surface area (Å²) >= 11 is 6.29. The number of nitrogens with zero attached hydrogens (tertiary/aromatic N) is 3. The number of halogens is 1. The number of aromatic nitrogens is 3. The van der Waals surface area contributed by atoms with Gasteiger partial charge in [0.15, 0.2) is 5.65 Å². The number of fused-ring (bicyclic) bond motifs is 1. The lowest BCUT2D eigenvalue weighted by Crippen LogP contribution is -2.13. The van der Waals surface area contributed by atoms with E-state index in [0.29, 0.717) is 5.92 Å². The standard InChI is InChI=1S/C15H20ClN3/c1-9(12-5-6-12)8-19-14(11(3)16)18-13-7-4-10(2)17-15(13)19/h4,7,9,11-12H,5-6,8H2,1-3H3. The van der Waals surface area contributed by atoms with Crippen LogP contribution in [-0.2, 0) is 6.54 Å². The quantitative estimate of drug-likeness (QED) is 0.788. The molecule has 0 bridgehead atoms. The van der Waals surface area contributed by atoms with Gasteiger partial charge in [-0.3, -0.25) is 0 Å². The molecule has 1 saturated carbocycles. The van der Waals surface area contributed by atoms with E-state index in [4.69, 9.17) is 11.6 Å². The third-order valence-electron chi connectivity index (χ3n) is 4.01. The van der Waals surface area contributed by atoms with Crippen LogP contribution in [-0.4, -0.2) is 14.5 Å². The molecule has 2 unspecified atom stereocenters. The molecule has 0 amide bonds. The van der Waals surface area contributed by atoms with Gasteiger partial charge < -0.3 is 4.57 Å². The first-order valence-corrected chi connectivity index (χ1v) is 7.47. The molecule has 0 aromatic carbocycles. The number of imidazole rings is 1. The molecule has 0 saturated heterocycles. The van der Waals surface area contributed by atoms with Gasteiger partial charge in [0.1, 0.15) is 11.3 Å². The van der Waals surface area contributed by atoms with E-state index in [1.807, 2.05) is 26.0 Å². The van der Waals surface area contributed by atoms with Gasteiger partial charge in [-0.2, -0.15) is 0 Å². The molecular weight excluding hydrogens is 258 g/mol. The first kappa shape index (κ1) is 12.9. The zero-order valence-electron chi connectivity index (χ0n) is 11.7. The van der Waals surface area contributed by atoms with Crippen molar-refractivity contribution in [3.63, 3.8) is 0 Å². The summed E-state index contributed by atoms with van der Waals surface area (Å²) in [6, 6.07) is 4.05. The van der Waals surface area contributed by atoms with Crippen LogP contribution in [0, 0.1) is 18.8 Å². The van der Waals surface area contributed by atoms with Gasteiger partial charge in [0.05, 0.1) is 5.38 Å². The number of aryl methyl sites for hydroxylation is 1. The molecule has 1 aliphatic carbocycles. The van der Waals surface area contributed by atoms with E-state index >= 15 is 0 Å². The van der Waals surface area contributed by atoms with Crippen molar-refractivity contribution in [3.05, 3.63) is 23.7 Å². The Kier molecular flexibility index (Phi) is 3.25. The molecular formula is C15H20ClN3. The molecule has 3 rings (SSSR count). The number of hydrogen-bond acceptors (Lipinski definition) is 2. The van der Waals surface area contributed by atoms with Gasteiger partial charge in [-0.1, -0.05) is 6.92 Å². The zero-order chi connectivity index (χ0) is 13.6. The Hall–Kier alpha value is -1.09. The highest BCUT2D eigenvalue weighted by Crippen LogP contribution is 2.38. The minimum absolute atomic E-state index is 0.0825. The summed E-state index contributed by atoms with van der Waals surface area (Å²) in [5, 5.41) is -0.0825. The maximum absolute atomic E-state index is 6.29. The molecule has 0 radical (unpaired) electrons. The lowest BCUT2D eigenvalue weighted by Gasteiger charge is -2.15. The van der Waals surface area contributed by atoms with Gasteiger partial charge in [-0.15, -0.1) is 11.6 Å². The van der Waals surface area contributed by atoms with E-state index in [1.165, 1.54) is 12.8 Å². The Bertz CT molecular complexity index is 599. The lowest BCUT2D eigenvalue weighted by molar-refractivity contribution is 0.427. The van der Waals surface area contributed by atoms with E-state index in [1.54, 1.807) is 0 Å². The molecule has 4 heteroatoms. The Morgan fingerprint density at radius 3 is 2.68 bits per heavy atom. The SMILES string of the molecule is Cc1ccc2nc(C(C)Cl)n(CC(C)C3CC3)c2n1. The largest absolute Gasteiger partial charge is 0.311 e. The van der Waals surface area contributed by atoms with Gasteiger partial charge in [0.25, 0.3) is 0 Å². The van der Waals surface area contributed by atoms with Crippen LogP contribution in [0.25, 0.3) is 11.2 Å². The summed E-state index contributed by atoms with van der Waals surface area (Å²) in [4.78, 5) is 9.31. The molecule has 2 aromatic rings. The van der Waals surface area contributed by atoms with Crippen LogP contribution >= 0.6 is 11.6 Å². The molecule has 0 N–H and O–H groups in total. The maximum atomic E-state index is 6.29. The van der Waals surface area contributed by atoms with Crippen LogP contribution in [0.15, 0.2) is 12.1 Å². The second kappa shape index (κ2) is 4.78. The van der Waals surface area contributed by atoms with Crippen molar-refractivity contribution in [1.82, 2.24) is 14.5 Å². The molecule has 1 fully saturated rings. The van der Waals surface area contributed by atoms with Gasteiger partial charge in [0.2, 0.25) is 0 Å². The number of pyridine rings is 1. The van der Waals surface area contributed by atoms with Crippen molar-refractivity contribution in [2.75, 3.05) is 0 Å². The summed E-state index contributed by atoms with van der Waals surface area (Å²) in [7, 11) is 0. The van der Waals surface area contributed by atoms with E-state index < -0.39 is 0 Å². The second-order valence-electron chi connectivity index (χ2n) is 5.81. The summed E-state index contributed by atoms with van der Waals surface area (Å²) in [6.45, 7) is 7.30.